The fraction of sp³-hybridized carbons (Fsp3) is 0.436. The minimum absolute atomic E-state index is 0.0783. The van der Waals surface area contributed by atoms with Gasteiger partial charge < -0.3 is 35.1 Å². The molecule has 0 spiro atoms. The highest BCUT2D eigenvalue weighted by molar-refractivity contribution is 6.01. The van der Waals surface area contributed by atoms with Crippen LogP contribution in [0.3, 0.4) is 0 Å². The van der Waals surface area contributed by atoms with Crippen LogP contribution < -0.4 is 30.2 Å². The summed E-state index contributed by atoms with van der Waals surface area (Å²) in [5, 5.41) is 8.32. The molecule has 0 bridgehead atoms. The average Bonchev–Trinajstić information content (AvgIpc) is 3.08. The van der Waals surface area contributed by atoms with Crippen LogP contribution in [0.5, 0.6) is 23.0 Å². The van der Waals surface area contributed by atoms with E-state index >= 15 is 0 Å². The number of hydrogen-bond donors (Lipinski definition) is 3. The van der Waals surface area contributed by atoms with E-state index in [-0.39, 0.29) is 59.8 Å². The quantitative estimate of drug-likeness (QED) is 0.241. The van der Waals surface area contributed by atoms with Crippen molar-refractivity contribution in [3.05, 3.63) is 84.2 Å². The minimum atomic E-state index is -1.32. The van der Waals surface area contributed by atoms with Crippen LogP contribution in [0, 0.1) is 17.7 Å². The summed E-state index contributed by atoms with van der Waals surface area (Å²) in [6.45, 7) is 9.72. The van der Waals surface area contributed by atoms with Gasteiger partial charge in [0, 0.05) is 7.05 Å². The lowest BCUT2D eigenvalue weighted by atomic mass is 9.99. The molecule has 0 fully saturated rings. The molecule has 1 aliphatic heterocycles. The van der Waals surface area contributed by atoms with Gasteiger partial charge in [0.1, 0.15) is 36.8 Å². The van der Waals surface area contributed by atoms with Crippen LogP contribution in [0.2, 0.25) is 0 Å². The van der Waals surface area contributed by atoms with Crippen LogP contribution in [0.25, 0.3) is 0 Å². The first kappa shape index (κ1) is 38.7. The number of carbonyl (C=O) groups excluding carboxylic acids is 4. The second-order valence-electron chi connectivity index (χ2n) is 13.7. The van der Waals surface area contributed by atoms with E-state index in [0.29, 0.717) is 18.6 Å². The number of benzene rings is 3. The second-order valence-corrected chi connectivity index (χ2v) is 13.7. The van der Waals surface area contributed by atoms with E-state index in [1.54, 1.807) is 73.5 Å². The molecule has 12 heteroatoms. The summed E-state index contributed by atoms with van der Waals surface area (Å²) >= 11 is 0. The number of fused-ring (bicyclic) bond motifs is 1. The highest BCUT2D eigenvalue weighted by Gasteiger charge is 2.33. The van der Waals surface area contributed by atoms with Gasteiger partial charge in [-0.25, -0.2) is 4.39 Å². The number of ether oxygens (including phenoxy) is 3. The molecule has 4 atom stereocenters. The van der Waals surface area contributed by atoms with Crippen LogP contribution in [-0.2, 0) is 14.4 Å². The van der Waals surface area contributed by atoms with Gasteiger partial charge in [-0.05, 0) is 68.0 Å². The zero-order chi connectivity index (χ0) is 37.1. The largest absolute Gasteiger partial charge is 0.491 e. The van der Waals surface area contributed by atoms with Gasteiger partial charge in [-0.3, -0.25) is 19.2 Å². The lowest BCUT2D eigenvalue weighted by molar-refractivity contribution is -0.138. The van der Waals surface area contributed by atoms with Gasteiger partial charge in [0.15, 0.2) is 11.6 Å². The van der Waals surface area contributed by atoms with Crippen LogP contribution in [0.4, 0.5) is 4.39 Å². The van der Waals surface area contributed by atoms with Crippen LogP contribution in [0.15, 0.2) is 72.8 Å². The molecule has 11 nitrogen and oxygen atoms in total. The van der Waals surface area contributed by atoms with E-state index in [1.165, 1.54) is 12.1 Å². The van der Waals surface area contributed by atoms with Crippen molar-refractivity contribution < 1.29 is 37.8 Å². The van der Waals surface area contributed by atoms with Crippen molar-refractivity contribution in [3.8, 4) is 23.0 Å². The van der Waals surface area contributed by atoms with E-state index in [4.69, 9.17) is 14.2 Å². The van der Waals surface area contributed by atoms with Crippen molar-refractivity contribution in [1.29, 1.82) is 0 Å². The molecule has 4 amide bonds. The first-order valence-electron chi connectivity index (χ1n) is 17.4. The third-order valence-corrected chi connectivity index (χ3v) is 8.32. The number of para-hydroxylation sites is 3. The SMILES string of the molecule is CC(C)C[C@@H]1COc2ccccc2C(=O)N[C@H](C(=O)N[C@H](C)COc2cccc(F)c2Oc2ccccc2)CC(=O)N[C@H](CC(C)C)C(=O)N1C. The third kappa shape index (κ3) is 11.2. The maximum Gasteiger partial charge on any atom is 0.255 e. The molecule has 0 unspecified atom stereocenters. The van der Waals surface area contributed by atoms with Gasteiger partial charge in [0.2, 0.25) is 23.5 Å². The van der Waals surface area contributed by atoms with E-state index in [0.717, 1.165) is 0 Å². The summed E-state index contributed by atoms with van der Waals surface area (Å²) in [6.07, 6.45) is 0.582. The van der Waals surface area contributed by atoms with Crippen LogP contribution in [0.1, 0.15) is 64.2 Å². The maximum atomic E-state index is 14.8. The van der Waals surface area contributed by atoms with E-state index in [2.05, 4.69) is 29.8 Å². The van der Waals surface area contributed by atoms with Gasteiger partial charge >= 0.3 is 0 Å². The highest BCUT2D eigenvalue weighted by atomic mass is 19.1. The first-order valence-corrected chi connectivity index (χ1v) is 17.4. The summed E-state index contributed by atoms with van der Waals surface area (Å²) < 4.78 is 32.5. The molecule has 0 saturated carbocycles. The molecule has 1 aliphatic rings. The first-order chi connectivity index (χ1) is 24.3. The Morgan fingerprint density at radius 3 is 2.31 bits per heavy atom. The Morgan fingerprint density at radius 2 is 1.61 bits per heavy atom. The van der Waals surface area contributed by atoms with Crippen molar-refractivity contribution in [2.75, 3.05) is 20.3 Å². The molecule has 274 valence electrons. The Bertz CT molecular complexity index is 1650. The molecular weight excluding hydrogens is 655 g/mol. The fourth-order valence-corrected chi connectivity index (χ4v) is 5.76. The summed E-state index contributed by atoms with van der Waals surface area (Å²) in [5.41, 5.74) is 0.177. The Labute approximate surface area is 299 Å². The Hall–Kier alpha value is -5.13. The number of carbonyl (C=O) groups is 4. The molecule has 0 saturated heterocycles. The standard InChI is InChI=1S/C39H49FN4O7/c1-24(2)19-27-23-50-33-17-11-10-15-29(33)37(46)43-31(21-35(45)42-32(20-25(3)4)39(48)44(27)6)38(47)41-26(5)22-49-34-18-12-16-30(40)36(34)51-28-13-8-7-9-14-28/h7-18,24-27,31-32H,19-23H2,1-6H3,(H,41,47)(H,42,45)(H,43,46)/t26-,27-,31+,32-/m1/s1. The van der Waals surface area contributed by atoms with Gasteiger partial charge in [-0.1, -0.05) is 64.1 Å². The van der Waals surface area contributed by atoms with Gasteiger partial charge in [0.05, 0.1) is 24.1 Å². The minimum Gasteiger partial charge on any atom is -0.491 e. The average molecular weight is 705 g/mol. The number of hydrogen-bond acceptors (Lipinski definition) is 7. The highest BCUT2D eigenvalue weighted by Crippen LogP contribution is 2.34. The molecule has 0 radical (unpaired) electrons. The lowest BCUT2D eigenvalue weighted by Crippen LogP contribution is -2.55. The van der Waals surface area contributed by atoms with Crippen LogP contribution >= 0.6 is 0 Å². The van der Waals surface area contributed by atoms with Crippen molar-refractivity contribution in [2.45, 2.75) is 78.0 Å². The monoisotopic (exact) mass is 704 g/mol. The van der Waals surface area contributed by atoms with Crippen molar-refractivity contribution in [1.82, 2.24) is 20.9 Å². The molecule has 3 N–H and O–H groups in total. The molecule has 51 heavy (non-hydrogen) atoms. The summed E-state index contributed by atoms with van der Waals surface area (Å²) in [4.78, 5) is 56.3. The number of halogens is 1. The van der Waals surface area contributed by atoms with Gasteiger partial charge in [-0.2, -0.15) is 0 Å². The van der Waals surface area contributed by atoms with Crippen molar-refractivity contribution >= 4 is 23.6 Å². The number of nitrogens with one attached hydrogen (secondary N) is 3. The summed E-state index contributed by atoms with van der Waals surface area (Å²) in [7, 11) is 1.70. The summed E-state index contributed by atoms with van der Waals surface area (Å²) in [6, 6.07) is 16.5. The lowest BCUT2D eigenvalue weighted by Gasteiger charge is -2.33. The number of rotatable bonds is 11. The number of amides is 4. The molecule has 1 heterocycles. The van der Waals surface area contributed by atoms with E-state index in [9.17, 15) is 23.6 Å². The summed E-state index contributed by atoms with van der Waals surface area (Å²) in [5.74, 6) is -1.67. The maximum absolute atomic E-state index is 14.8. The molecule has 3 aromatic rings. The van der Waals surface area contributed by atoms with Gasteiger partial charge in [0.25, 0.3) is 5.91 Å². The molecule has 3 aromatic carbocycles. The predicted molar refractivity (Wildman–Crippen MR) is 191 cm³/mol. The normalized spacial score (nSPS) is 19.3. The molecule has 0 aliphatic carbocycles. The molecule has 0 aromatic heterocycles. The molecule has 4 rings (SSSR count). The topological polar surface area (TPSA) is 135 Å². The van der Waals surface area contributed by atoms with E-state index in [1.807, 2.05) is 19.9 Å². The zero-order valence-electron chi connectivity index (χ0n) is 30.1. The Kier molecular flexibility index (Phi) is 13.8. The Morgan fingerprint density at radius 1 is 0.922 bits per heavy atom. The van der Waals surface area contributed by atoms with Gasteiger partial charge in [-0.15, -0.1) is 0 Å². The third-order valence-electron chi connectivity index (χ3n) is 8.32. The van der Waals surface area contributed by atoms with E-state index < -0.39 is 48.1 Å². The van der Waals surface area contributed by atoms with Crippen molar-refractivity contribution in [2.24, 2.45) is 11.8 Å². The zero-order valence-corrected chi connectivity index (χ0v) is 30.1. The van der Waals surface area contributed by atoms with Crippen LogP contribution in [-0.4, -0.2) is 73.0 Å². The smallest absolute Gasteiger partial charge is 0.255 e. The number of likely N-dealkylation sites (N-methyl/N-ethyl adjacent to an activating group) is 1. The predicted octanol–water partition coefficient (Wildman–Crippen LogP) is 5.49. The number of nitrogens with zero attached hydrogens (tertiary/aromatic N) is 1. The fourth-order valence-electron chi connectivity index (χ4n) is 5.76. The Balaban J connectivity index is 1.55. The van der Waals surface area contributed by atoms with Crippen molar-refractivity contribution in [3.63, 3.8) is 0 Å². The molecular formula is C39H49FN4O7. The second kappa shape index (κ2) is 18.2.